The summed E-state index contributed by atoms with van der Waals surface area (Å²) in [7, 11) is 0. The molecule has 3 aliphatic rings. The van der Waals surface area contributed by atoms with E-state index in [1.165, 1.54) is 25.3 Å². The van der Waals surface area contributed by atoms with Gasteiger partial charge in [0.1, 0.15) is 12.3 Å². The fraction of sp³-hybridized carbons (Fsp3) is 0.633. The molecule has 1 aliphatic heterocycles. The van der Waals surface area contributed by atoms with Gasteiger partial charge in [-0.15, -0.1) is 0 Å². The lowest BCUT2D eigenvalue weighted by molar-refractivity contribution is -0.143. The summed E-state index contributed by atoms with van der Waals surface area (Å²) in [4.78, 5) is 40.9. The van der Waals surface area contributed by atoms with Crippen LogP contribution in [0.4, 0.5) is 4.39 Å². The second kappa shape index (κ2) is 11.6. The number of ketones is 1. The molecule has 8 heteroatoms. The molecule has 5 rings (SSSR count). The molecule has 3 N–H and O–H groups in total. The summed E-state index contributed by atoms with van der Waals surface area (Å²) in [6.07, 6.45) is 9.78. The molecule has 1 saturated heterocycles. The highest BCUT2D eigenvalue weighted by Crippen LogP contribution is 2.41. The largest absolute Gasteiger partial charge is 0.475 e. The molecule has 1 aromatic heterocycles. The van der Waals surface area contributed by atoms with Gasteiger partial charge < -0.3 is 20.2 Å². The number of amides is 1. The first kappa shape index (κ1) is 26.9. The molecular formula is C30H39FN2O5. The van der Waals surface area contributed by atoms with Crippen molar-refractivity contribution in [2.45, 2.75) is 82.7 Å². The van der Waals surface area contributed by atoms with Gasteiger partial charge in [0.05, 0.1) is 6.04 Å². The number of carbonyl (C=O) groups excluding carboxylic acids is 2. The van der Waals surface area contributed by atoms with Crippen LogP contribution in [0.2, 0.25) is 0 Å². The van der Waals surface area contributed by atoms with E-state index in [-0.39, 0.29) is 41.6 Å². The first-order chi connectivity index (χ1) is 18.4. The van der Waals surface area contributed by atoms with E-state index in [0.717, 1.165) is 37.7 Å². The van der Waals surface area contributed by atoms with Gasteiger partial charge >= 0.3 is 5.97 Å². The van der Waals surface area contributed by atoms with Crippen LogP contribution in [0.15, 0.2) is 28.7 Å². The Morgan fingerprint density at radius 3 is 2.45 bits per heavy atom. The van der Waals surface area contributed by atoms with E-state index in [1.54, 1.807) is 6.07 Å². The Balaban J connectivity index is 1.34. The molecule has 3 atom stereocenters. The number of rotatable bonds is 8. The molecule has 38 heavy (non-hydrogen) atoms. The van der Waals surface area contributed by atoms with Crippen molar-refractivity contribution < 1.29 is 28.3 Å². The van der Waals surface area contributed by atoms with Crippen LogP contribution in [0.25, 0.3) is 11.0 Å². The van der Waals surface area contributed by atoms with Gasteiger partial charge in [-0.25, -0.2) is 9.18 Å². The molecule has 7 nitrogen and oxygen atoms in total. The van der Waals surface area contributed by atoms with Crippen LogP contribution in [-0.4, -0.2) is 53.0 Å². The number of nitrogens with zero attached hydrogens (tertiary/aromatic N) is 1. The Bertz CT molecular complexity index is 1160. The van der Waals surface area contributed by atoms with Crippen LogP contribution in [0.5, 0.6) is 0 Å². The van der Waals surface area contributed by atoms with Crippen molar-refractivity contribution in [3.63, 3.8) is 0 Å². The van der Waals surface area contributed by atoms with Gasteiger partial charge in [-0.1, -0.05) is 38.2 Å². The topological polar surface area (TPSA) is 114 Å². The summed E-state index contributed by atoms with van der Waals surface area (Å²) in [6, 6.07) is 5.93. The highest BCUT2D eigenvalue weighted by Gasteiger charge is 2.46. The lowest BCUT2D eigenvalue weighted by Gasteiger charge is -2.37. The van der Waals surface area contributed by atoms with E-state index in [1.807, 2.05) is 17.0 Å². The number of carboxylic acid groups (broad SMARTS) is 1. The maximum absolute atomic E-state index is 13.9. The summed E-state index contributed by atoms with van der Waals surface area (Å²) in [5, 5.41) is 9.88. The third-order valence-electron chi connectivity index (χ3n) is 9.39. The van der Waals surface area contributed by atoms with Crippen molar-refractivity contribution in [1.29, 1.82) is 0 Å². The van der Waals surface area contributed by atoms with E-state index in [9.17, 15) is 23.9 Å². The Morgan fingerprint density at radius 2 is 1.76 bits per heavy atom. The second-order valence-electron chi connectivity index (χ2n) is 11.7. The van der Waals surface area contributed by atoms with Gasteiger partial charge in [-0.05, 0) is 73.6 Å². The van der Waals surface area contributed by atoms with Gasteiger partial charge in [0, 0.05) is 30.3 Å². The highest BCUT2D eigenvalue weighted by molar-refractivity contribution is 5.94. The average molecular weight is 527 g/mol. The summed E-state index contributed by atoms with van der Waals surface area (Å²) < 4.78 is 18.4. The molecular weight excluding hydrogens is 487 g/mol. The molecule has 0 bridgehead atoms. The number of hydrogen-bond donors (Lipinski definition) is 2. The molecule has 206 valence electrons. The quantitative estimate of drug-likeness (QED) is 0.492. The summed E-state index contributed by atoms with van der Waals surface area (Å²) in [5.41, 5.74) is 7.19. The van der Waals surface area contributed by atoms with Crippen LogP contribution in [0.1, 0.15) is 80.3 Å². The number of halogens is 1. The average Bonchev–Trinajstić information content (AvgIpc) is 3.58. The minimum Gasteiger partial charge on any atom is -0.475 e. The van der Waals surface area contributed by atoms with Gasteiger partial charge in [-0.3, -0.25) is 9.59 Å². The van der Waals surface area contributed by atoms with Gasteiger partial charge in [0.25, 0.3) is 0 Å². The first-order valence-corrected chi connectivity index (χ1v) is 14.3. The Morgan fingerprint density at radius 1 is 1.03 bits per heavy atom. The predicted molar refractivity (Wildman–Crippen MR) is 141 cm³/mol. The SMILES string of the molecule is N[C@@H](CF)C1CCC(C(=O)N2CC[C@@H](C3CCCCC3)[C@H]2C(=O)Cc2ccc3oc(C(=O)O)cc3c2)CC1. The standard InChI is InChI=1S/C30H39FN2O5/c31-17-24(32)20-7-9-21(10-8-20)29(35)33-13-12-23(19-4-2-1-3-5-19)28(33)25(34)15-18-6-11-26-22(14-18)16-27(38-26)30(36)37/h6,11,14,16,19-21,23-24,28H,1-5,7-10,12-13,15,17,32H2,(H,36,37)/t20?,21?,23-,24-,28-/m0/s1. The fourth-order valence-electron chi connectivity index (χ4n) is 7.30. The number of hydrogen-bond acceptors (Lipinski definition) is 5. The number of benzene rings is 1. The lowest BCUT2D eigenvalue weighted by atomic mass is 9.75. The molecule has 1 amide bonds. The van der Waals surface area contributed by atoms with Crippen LogP contribution >= 0.6 is 0 Å². The Hall–Kier alpha value is -2.74. The Labute approximate surface area is 222 Å². The molecule has 0 spiro atoms. The van der Waals surface area contributed by atoms with Crippen molar-refractivity contribution in [3.8, 4) is 0 Å². The number of carbonyl (C=O) groups is 3. The minimum atomic E-state index is -1.13. The van der Waals surface area contributed by atoms with E-state index >= 15 is 0 Å². The van der Waals surface area contributed by atoms with Crippen molar-refractivity contribution in [2.75, 3.05) is 13.2 Å². The van der Waals surface area contributed by atoms with Crippen molar-refractivity contribution in [3.05, 3.63) is 35.6 Å². The maximum atomic E-state index is 13.9. The van der Waals surface area contributed by atoms with Crippen molar-refractivity contribution in [2.24, 2.45) is 29.4 Å². The van der Waals surface area contributed by atoms with Gasteiger partial charge in [0.2, 0.25) is 11.7 Å². The number of carboxylic acids is 1. The van der Waals surface area contributed by atoms with Crippen LogP contribution in [0.3, 0.4) is 0 Å². The molecule has 2 aliphatic carbocycles. The van der Waals surface area contributed by atoms with E-state index in [2.05, 4.69) is 0 Å². The Kier molecular flexibility index (Phi) is 8.17. The monoisotopic (exact) mass is 526 g/mol. The van der Waals surface area contributed by atoms with Gasteiger partial charge in [-0.2, -0.15) is 0 Å². The van der Waals surface area contributed by atoms with Crippen LogP contribution in [-0.2, 0) is 16.0 Å². The van der Waals surface area contributed by atoms with Crippen LogP contribution < -0.4 is 5.73 Å². The second-order valence-corrected chi connectivity index (χ2v) is 11.7. The number of furan rings is 1. The number of alkyl halides is 1. The number of aromatic carboxylic acids is 1. The molecule has 0 radical (unpaired) electrons. The summed E-state index contributed by atoms with van der Waals surface area (Å²) in [6.45, 7) is 0.0837. The zero-order chi connectivity index (χ0) is 26.8. The third kappa shape index (κ3) is 5.51. The van der Waals surface area contributed by atoms with Crippen LogP contribution in [0, 0.1) is 23.7 Å². The number of fused-ring (bicyclic) bond motifs is 1. The van der Waals surface area contributed by atoms with Crippen molar-refractivity contribution in [1.82, 2.24) is 4.90 Å². The molecule has 2 aromatic rings. The van der Waals surface area contributed by atoms with Crippen molar-refractivity contribution >= 4 is 28.6 Å². The van der Waals surface area contributed by atoms with E-state index < -0.39 is 24.7 Å². The van der Waals surface area contributed by atoms with E-state index in [0.29, 0.717) is 36.3 Å². The summed E-state index contributed by atoms with van der Waals surface area (Å²) >= 11 is 0. The normalized spacial score (nSPS) is 27.5. The number of Topliss-reactive ketones (excluding diaryl/α,β-unsaturated/α-hetero) is 1. The lowest BCUT2D eigenvalue weighted by Crippen LogP contribution is -2.48. The number of likely N-dealkylation sites (tertiary alicyclic amines) is 1. The zero-order valence-electron chi connectivity index (χ0n) is 21.9. The third-order valence-corrected chi connectivity index (χ3v) is 9.39. The number of nitrogens with two attached hydrogens (primary N) is 1. The minimum absolute atomic E-state index is 0.0564. The zero-order valence-corrected chi connectivity index (χ0v) is 21.9. The fourth-order valence-corrected chi connectivity index (χ4v) is 7.30. The molecule has 2 saturated carbocycles. The molecule has 0 unspecified atom stereocenters. The smallest absolute Gasteiger partial charge is 0.371 e. The van der Waals surface area contributed by atoms with E-state index in [4.69, 9.17) is 10.2 Å². The first-order valence-electron chi connectivity index (χ1n) is 14.3. The van der Waals surface area contributed by atoms with Gasteiger partial charge in [0.15, 0.2) is 5.78 Å². The summed E-state index contributed by atoms with van der Waals surface area (Å²) in [5.74, 6) is -0.496. The molecule has 2 heterocycles. The highest BCUT2D eigenvalue weighted by atomic mass is 19.1. The molecule has 1 aromatic carbocycles. The predicted octanol–water partition coefficient (Wildman–Crippen LogP) is 5.14. The maximum Gasteiger partial charge on any atom is 0.371 e. The molecule has 3 fully saturated rings.